The maximum atomic E-state index is 12.7. The molecule has 4 aliphatic heterocycles. The highest BCUT2D eigenvalue weighted by Gasteiger charge is 2.38. The molecule has 0 aromatic carbocycles. The van der Waals surface area contributed by atoms with E-state index in [0.717, 1.165) is 69.8 Å². The first-order valence-electron chi connectivity index (χ1n) is 11.7. The number of fused-ring (bicyclic) bond motifs is 1. The Morgan fingerprint density at radius 2 is 2.28 bits per heavy atom. The summed E-state index contributed by atoms with van der Waals surface area (Å²) in [6.45, 7) is 3.82. The molecular weight excluding hydrogens is 494 g/mol. The monoisotopic (exact) mass is 523 g/mol. The number of ether oxygens (including phenoxy) is 1. The molecule has 0 radical (unpaired) electrons. The van der Waals surface area contributed by atoms with Crippen LogP contribution < -0.4 is 10.7 Å². The van der Waals surface area contributed by atoms with Crippen LogP contribution in [0, 0.1) is 11.8 Å². The first kappa shape index (κ1) is 22.3. The van der Waals surface area contributed by atoms with Gasteiger partial charge in [-0.2, -0.15) is 0 Å². The van der Waals surface area contributed by atoms with E-state index in [1.54, 1.807) is 0 Å². The summed E-state index contributed by atoms with van der Waals surface area (Å²) in [6, 6.07) is 0. The van der Waals surface area contributed by atoms with Gasteiger partial charge in [0.2, 0.25) is 0 Å². The summed E-state index contributed by atoms with van der Waals surface area (Å²) in [5, 5.41) is 5.87. The molecule has 5 rings (SSSR count). The van der Waals surface area contributed by atoms with Gasteiger partial charge in [-0.25, -0.2) is 5.43 Å². The van der Waals surface area contributed by atoms with Crippen LogP contribution in [0.5, 0.6) is 0 Å². The van der Waals surface area contributed by atoms with Gasteiger partial charge >= 0.3 is 0 Å². The lowest BCUT2D eigenvalue weighted by atomic mass is 9.90. The average molecular weight is 525 g/mol. The third-order valence-corrected chi connectivity index (χ3v) is 8.13. The summed E-state index contributed by atoms with van der Waals surface area (Å²) < 4.78 is 5.49. The number of alkyl halides is 2. The molecule has 0 saturated carbocycles. The zero-order valence-electron chi connectivity index (χ0n) is 18.2. The molecule has 0 aromatic rings. The van der Waals surface area contributed by atoms with E-state index < -0.39 is 0 Å². The van der Waals surface area contributed by atoms with Gasteiger partial charge in [0, 0.05) is 55.7 Å². The van der Waals surface area contributed by atoms with Gasteiger partial charge in [-0.05, 0) is 37.7 Å². The highest BCUT2D eigenvalue weighted by molar-refractivity contribution is 9.09. The molecule has 1 aliphatic carbocycles. The van der Waals surface area contributed by atoms with Gasteiger partial charge < -0.3 is 15.0 Å². The van der Waals surface area contributed by atoms with Crippen molar-refractivity contribution in [1.29, 1.82) is 0 Å². The van der Waals surface area contributed by atoms with Crippen LogP contribution >= 0.6 is 27.5 Å². The largest absolute Gasteiger partial charge is 0.488 e. The normalized spacial score (nSPS) is 34.4. The molecule has 4 heterocycles. The Bertz CT molecular complexity index is 859. The summed E-state index contributed by atoms with van der Waals surface area (Å²) in [6.07, 6.45) is 13.5. The van der Waals surface area contributed by atoms with E-state index in [4.69, 9.17) is 21.3 Å². The SMILES string of the molecule is O=C(C1=CCCO1)N1CCCC(CNC2=CC(C3C=CCCC3Cl)=NC3C(Br)CNN23)C1. The van der Waals surface area contributed by atoms with Crippen LogP contribution in [0.2, 0.25) is 0 Å². The number of hydrogen-bond acceptors (Lipinski definition) is 6. The summed E-state index contributed by atoms with van der Waals surface area (Å²) in [7, 11) is 0. The first-order valence-corrected chi connectivity index (χ1v) is 13.1. The fourth-order valence-electron chi connectivity index (χ4n) is 5.10. The van der Waals surface area contributed by atoms with Crippen LogP contribution in [0.4, 0.5) is 0 Å². The van der Waals surface area contributed by atoms with Crippen molar-refractivity contribution in [2.24, 2.45) is 16.8 Å². The molecule has 9 heteroatoms. The smallest absolute Gasteiger partial charge is 0.288 e. The molecule has 5 atom stereocenters. The number of halogens is 2. The second kappa shape index (κ2) is 9.77. The molecule has 5 unspecified atom stereocenters. The maximum Gasteiger partial charge on any atom is 0.288 e. The van der Waals surface area contributed by atoms with Crippen molar-refractivity contribution >= 4 is 39.1 Å². The first-order chi connectivity index (χ1) is 15.6. The number of likely N-dealkylation sites (tertiary alicyclic amines) is 1. The zero-order chi connectivity index (χ0) is 22.1. The summed E-state index contributed by atoms with van der Waals surface area (Å²) in [5.74, 6) is 2.15. The van der Waals surface area contributed by atoms with Gasteiger partial charge in [-0.3, -0.25) is 14.8 Å². The van der Waals surface area contributed by atoms with Crippen molar-refractivity contribution in [2.75, 3.05) is 32.8 Å². The lowest BCUT2D eigenvalue weighted by Gasteiger charge is -2.36. The Labute approximate surface area is 203 Å². The highest BCUT2D eigenvalue weighted by Crippen LogP contribution is 2.31. The standard InChI is InChI=1S/C23H31BrClN5O2/c24-17-13-27-30-21(11-19(28-22(17)30)16-6-1-2-7-18(16)25)26-12-15-5-3-9-29(14-15)23(31)20-8-4-10-32-20/h1,6,8,11,15-18,22,26-27H,2-5,7,9-10,12-14H2. The van der Waals surface area contributed by atoms with Crippen molar-refractivity contribution in [3.8, 4) is 0 Å². The van der Waals surface area contributed by atoms with E-state index in [2.05, 4.69) is 49.9 Å². The van der Waals surface area contributed by atoms with Crippen LogP contribution in [0.1, 0.15) is 32.1 Å². The van der Waals surface area contributed by atoms with Gasteiger partial charge in [0.15, 0.2) is 11.9 Å². The van der Waals surface area contributed by atoms with E-state index in [1.807, 2.05) is 11.0 Å². The van der Waals surface area contributed by atoms with Crippen LogP contribution in [0.25, 0.3) is 0 Å². The quantitative estimate of drug-likeness (QED) is 0.428. The fourth-order valence-corrected chi connectivity index (χ4v) is 5.94. The van der Waals surface area contributed by atoms with Crippen molar-refractivity contribution in [2.45, 2.75) is 48.5 Å². The lowest BCUT2D eigenvalue weighted by Crippen LogP contribution is -2.48. The van der Waals surface area contributed by atoms with Gasteiger partial charge in [-0.1, -0.05) is 28.1 Å². The van der Waals surface area contributed by atoms with Gasteiger partial charge in [0.05, 0.1) is 11.4 Å². The van der Waals surface area contributed by atoms with E-state index in [9.17, 15) is 4.79 Å². The molecule has 1 amide bonds. The number of aliphatic imine (C=N–C) groups is 1. The predicted octanol–water partition coefficient (Wildman–Crippen LogP) is 2.90. The number of hydrogen-bond donors (Lipinski definition) is 2. The molecule has 0 aromatic heterocycles. The number of nitrogens with zero attached hydrogens (tertiary/aromatic N) is 3. The average Bonchev–Trinajstić information content (AvgIpc) is 3.48. The van der Waals surface area contributed by atoms with Crippen molar-refractivity contribution in [1.82, 2.24) is 20.7 Å². The number of piperidine rings is 1. The third-order valence-electron chi connectivity index (χ3n) is 6.85. The maximum absolute atomic E-state index is 12.7. The van der Waals surface area contributed by atoms with E-state index >= 15 is 0 Å². The van der Waals surface area contributed by atoms with E-state index in [0.29, 0.717) is 18.3 Å². The molecule has 174 valence electrons. The van der Waals surface area contributed by atoms with E-state index in [1.165, 1.54) is 0 Å². The second-order valence-corrected chi connectivity index (χ2v) is 10.9. The highest BCUT2D eigenvalue weighted by atomic mass is 79.9. The Morgan fingerprint density at radius 3 is 3.09 bits per heavy atom. The number of amides is 1. The minimum atomic E-state index is 0.00702. The van der Waals surface area contributed by atoms with Crippen LogP contribution in [0.3, 0.4) is 0 Å². The van der Waals surface area contributed by atoms with E-state index in [-0.39, 0.29) is 28.2 Å². The van der Waals surface area contributed by atoms with Crippen molar-refractivity contribution in [3.05, 3.63) is 35.9 Å². The molecule has 7 nitrogen and oxygen atoms in total. The summed E-state index contributed by atoms with van der Waals surface area (Å²) in [5.41, 5.74) is 4.50. The molecule has 2 saturated heterocycles. The molecule has 5 aliphatic rings. The zero-order valence-corrected chi connectivity index (χ0v) is 20.5. The van der Waals surface area contributed by atoms with Gasteiger partial charge in [-0.15, -0.1) is 11.6 Å². The Hall–Kier alpha value is -1.51. The fraction of sp³-hybridized carbons (Fsp3) is 0.652. The summed E-state index contributed by atoms with van der Waals surface area (Å²) >= 11 is 10.4. The number of carbonyl (C=O) groups excluding carboxylic acids is 1. The minimum absolute atomic E-state index is 0.00702. The number of allylic oxidation sites excluding steroid dienone is 3. The Kier molecular flexibility index (Phi) is 6.81. The Balaban J connectivity index is 1.26. The van der Waals surface area contributed by atoms with Crippen LogP contribution in [-0.2, 0) is 9.53 Å². The predicted molar refractivity (Wildman–Crippen MR) is 129 cm³/mol. The molecular formula is C23H31BrClN5O2. The number of hydrazine groups is 1. The molecule has 2 N–H and O–H groups in total. The Morgan fingerprint density at radius 1 is 1.38 bits per heavy atom. The van der Waals surface area contributed by atoms with Crippen LogP contribution in [-0.4, -0.2) is 70.7 Å². The van der Waals surface area contributed by atoms with Crippen molar-refractivity contribution < 1.29 is 9.53 Å². The second-order valence-electron chi connectivity index (χ2n) is 9.14. The van der Waals surface area contributed by atoms with Gasteiger partial charge in [0.1, 0.15) is 5.82 Å². The van der Waals surface area contributed by atoms with Gasteiger partial charge in [0.25, 0.3) is 5.91 Å². The molecule has 0 spiro atoms. The third kappa shape index (κ3) is 4.59. The minimum Gasteiger partial charge on any atom is -0.488 e. The number of nitrogens with one attached hydrogen (secondary N) is 2. The number of carbonyl (C=O) groups is 1. The van der Waals surface area contributed by atoms with Crippen LogP contribution in [0.15, 0.2) is 40.9 Å². The molecule has 32 heavy (non-hydrogen) atoms. The topological polar surface area (TPSA) is 69.2 Å². The van der Waals surface area contributed by atoms with Crippen molar-refractivity contribution in [3.63, 3.8) is 0 Å². The lowest BCUT2D eigenvalue weighted by molar-refractivity contribution is -0.132. The molecule has 2 fully saturated rings. The summed E-state index contributed by atoms with van der Waals surface area (Å²) in [4.78, 5) is 20.0. The molecule has 0 bridgehead atoms. The number of rotatable bonds is 5.